The van der Waals surface area contributed by atoms with Gasteiger partial charge < -0.3 is 4.79 Å². The fourth-order valence-corrected chi connectivity index (χ4v) is 2.44. The predicted octanol–water partition coefficient (Wildman–Crippen LogP) is 3.51. The third-order valence-corrected chi connectivity index (χ3v) is 3.65. The van der Waals surface area contributed by atoms with E-state index in [0.717, 1.165) is 10.8 Å². The average molecular weight is 259 g/mol. The molecule has 3 aromatic rings. The van der Waals surface area contributed by atoms with Crippen LogP contribution in [-0.4, -0.2) is 13.0 Å². The van der Waals surface area contributed by atoms with Crippen molar-refractivity contribution in [2.75, 3.05) is 0 Å². The van der Waals surface area contributed by atoms with E-state index in [-0.39, 0.29) is 11.6 Å². The summed E-state index contributed by atoms with van der Waals surface area (Å²) in [5.74, 6) is 0.0331. The first kappa shape index (κ1) is 12.9. The van der Waals surface area contributed by atoms with Crippen LogP contribution in [0.2, 0.25) is 0 Å². The van der Waals surface area contributed by atoms with Gasteiger partial charge in [-0.2, -0.15) is 0 Å². The van der Waals surface area contributed by atoms with Gasteiger partial charge in [-0.25, -0.2) is 0 Å². The van der Waals surface area contributed by atoms with Gasteiger partial charge in [0, 0.05) is 5.92 Å². The van der Waals surface area contributed by atoms with Crippen molar-refractivity contribution in [1.82, 2.24) is 0 Å². The maximum Gasteiger partial charge on any atom is 0.242 e. The minimum atomic E-state index is 0.0331. The van der Waals surface area contributed by atoms with Crippen molar-refractivity contribution in [2.45, 2.75) is 13.8 Å². The molecule has 0 saturated carbocycles. The SMILES string of the molecule is CC(C)C(=O)[B]c1cccc2cc3ccccc3cc12. The molecule has 0 unspecified atom stereocenters. The Hall–Kier alpha value is -2.09. The van der Waals surface area contributed by atoms with Crippen LogP contribution < -0.4 is 5.46 Å². The summed E-state index contributed by atoms with van der Waals surface area (Å²) < 4.78 is 0. The van der Waals surface area contributed by atoms with Gasteiger partial charge in [0.05, 0.1) is 5.68 Å². The number of carbonyl (C=O) groups excluding carboxylic acids is 1. The molecule has 0 saturated heterocycles. The molecule has 20 heavy (non-hydrogen) atoms. The van der Waals surface area contributed by atoms with Crippen molar-refractivity contribution in [2.24, 2.45) is 5.92 Å². The van der Waals surface area contributed by atoms with Crippen LogP contribution in [0.3, 0.4) is 0 Å². The maximum absolute atomic E-state index is 12.0. The Morgan fingerprint density at radius 2 is 1.55 bits per heavy atom. The zero-order valence-corrected chi connectivity index (χ0v) is 11.8. The van der Waals surface area contributed by atoms with E-state index in [1.165, 1.54) is 16.2 Å². The Labute approximate surface area is 119 Å². The molecule has 97 valence electrons. The van der Waals surface area contributed by atoms with E-state index in [4.69, 9.17) is 0 Å². The smallest absolute Gasteiger partial charge is 0.242 e. The number of hydrogen-bond donors (Lipinski definition) is 0. The van der Waals surface area contributed by atoms with Gasteiger partial charge in [-0.15, -0.1) is 0 Å². The second-order valence-corrected chi connectivity index (χ2v) is 5.47. The number of rotatable bonds is 3. The molecule has 0 aromatic heterocycles. The molecule has 0 spiro atoms. The lowest BCUT2D eigenvalue weighted by atomic mass is 9.61. The summed E-state index contributed by atoms with van der Waals surface area (Å²) in [6.07, 6.45) is 0. The van der Waals surface area contributed by atoms with Crippen LogP contribution in [0.25, 0.3) is 21.5 Å². The normalized spacial score (nSPS) is 11.2. The van der Waals surface area contributed by atoms with Crippen LogP contribution in [-0.2, 0) is 4.79 Å². The molecule has 0 aliphatic rings. The quantitative estimate of drug-likeness (QED) is 0.519. The number of hydrogen-bond acceptors (Lipinski definition) is 1. The van der Waals surface area contributed by atoms with Gasteiger partial charge in [-0.1, -0.05) is 61.8 Å². The van der Waals surface area contributed by atoms with E-state index in [0.29, 0.717) is 0 Å². The highest BCUT2D eigenvalue weighted by Gasteiger charge is 2.12. The van der Waals surface area contributed by atoms with Crippen LogP contribution in [0.15, 0.2) is 54.6 Å². The van der Waals surface area contributed by atoms with Crippen LogP contribution in [0, 0.1) is 5.92 Å². The molecule has 3 aromatic carbocycles. The van der Waals surface area contributed by atoms with Crippen molar-refractivity contribution in [1.29, 1.82) is 0 Å². The van der Waals surface area contributed by atoms with Gasteiger partial charge in [0.15, 0.2) is 0 Å². The third kappa shape index (κ3) is 2.34. The summed E-state index contributed by atoms with van der Waals surface area (Å²) in [7, 11) is 1.77. The van der Waals surface area contributed by atoms with E-state index >= 15 is 0 Å². The average Bonchev–Trinajstić information content (AvgIpc) is 2.45. The third-order valence-electron chi connectivity index (χ3n) is 3.65. The minimum Gasteiger partial charge on any atom is -0.311 e. The topological polar surface area (TPSA) is 17.1 Å². The molecular formula is C18H16BO. The molecule has 0 fully saturated rings. The Bertz CT molecular complexity index is 790. The molecule has 0 aliphatic heterocycles. The number of carbonyl (C=O) groups is 1. The van der Waals surface area contributed by atoms with Crippen molar-refractivity contribution < 1.29 is 4.79 Å². The Kier molecular flexibility index (Phi) is 3.31. The van der Waals surface area contributed by atoms with Gasteiger partial charge in [0.25, 0.3) is 0 Å². The zero-order chi connectivity index (χ0) is 14.1. The van der Waals surface area contributed by atoms with Crippen molar-refractivity contribution >= 4 is 40.0 Å². The molecule has 0 N–H and O–H groups in total. The first-order valence-electron chi connectivity index (χ1n) is 6.95. The lowest BCUT2D eigenvalue weighted by molar-refractivity contribution is -0.114. The standard InChI is InChI=1S/C18H16BO/c1-12(2)18(20)19-17-9-5-8-15-10-13-6-3-4-7-14(13)11-16(15)17/h3-12H,1-2H3. The monoisotopic (exact) mass is 259 g/mol. The van der Waals surface area contributed by atoms with Gasteiger partial charge in [0.2, 0.25) is 7.28 Å². The van der Waals surface area contributed by atoms with Gasteiger partial charge in [-0.05, 0) is 33.7 Å². The minimum absolute atomic E-state index is 0.0331. The molecule has 0 heterocycles. The van der Waals surface area contributed by atoms with E-state index in [9.17, 15) is 4.79 Å². The first-order chi connectivity index (χ1) is 9.65. The molecule has 1 nitrogen and oxygen atoms in total. The molecular weight excluding hydrogens is 243 g/mol. The maximum atomic E-state index is 12.0. The summed E-state index contributed by atoms with van der Waals surface area (Å²) in [5.41, 5.74) is 1.18. The highest BCUT2D eigenvalue weighted by atomic mass is 16.1. The van der Waals surface area contributed by atoms with E-state index in [1.54, 1.807) is 7.28 Å². The Morgan fingerprint density at radius 1 is 0.900 bits per heavy atom. The van der Waals surface area contributed by atoms with Crippen LogP contribution in [0.1, 0.15) is 13.8 Å². The molecule has 0 amide bonds. The van der Waals surface area contributed by atoms with Crippen LogP contribution in [0.4, 0.5) is 0 Å². The summed E-state index contributed by atoms with van der Waals surface area (Å²) in [6, 6.07) is 18.8. The predicted molar refractivity (Wildman–Crippen MR) is 86.7 cm³/mol. The van der Waals surface area contributed by atoms with Crippen LogP contribution >= 0.6 is 0 Å². The van der Waals surface area contributed by atoms with Crippen molar-refractivity contribution in [3.05, 3.63) is 54.6 Å². The second-order valence-electron chi connectivity index (χ2n) is 5.47. The number of fused-ring (bicyclic) bond motifs is 2. The summed E-state index contributed by atoms with van der Waals surface area (Å²) in [6.45, 7) is 3.86. The van der Waals surface area contributed by atoms with E-state index in [2.05, 4.69) is 30.3 Å². The Balaban J connectivity index is 2.17. The van der Waals surface area contributed by atoms with Gasteiger partial charge in [0.1, 0.15) is 0 Å². The molecule has 1 radical (unpaired) electrons. The molecule has 0 atom stereocenters. The lowest BCUT2D eigenvalue weighted by Crippen LogP contribution is -2.27. The summed E-state index contributed by atoms with van der Waals surface area (Å²) >= 11 is 0. The fraction of sp³-hybridized carbons (Fsp3) is 0.167. The molecule has 3 rings (SSSR count). The van der Waals surface area contributed by atoms with Gasteiger partial charge in [-0.3, -0.25) is 0 Å². The van der Waals surface area contributed by atoms with E-state index < -0.39 is 0 Å². The van der Waals surface area contributed by atoms with E-state index in [1.807, 2.05) is 38.1 Å². The number of benzene rings is 3. The molecule has 2 heteroatoms. The fourth-order valence-electron chi connectivity index (χ4n) is 2.44. The first-order valence-corrected chi connectivity index (χ1v) is 6.95. The van der Waals surface area contributed by atoms with Crippen LogP contribution in [0.5, 0.6) is 0 Å². The Morgan fingerprint density at radius 3 is 2.25 bits per heavy atom. The lowest BCUT2D eigenvalue weighted by Gasteiger charge is -2.08. The largest absolute Gasteiger partial charge is 0.311 e. The highest BCUT2D eigenvalue weighted by molar-refractivity contribution is 6.86. The second kappa shape index (κ2) is 5.12. The van der Waals surface area contributed by atoms with Gasteiger partial charge >= 0.3 is 0 Å². The molecule has 0 aliphatic carbocycles. The van der Waals surface area contributed by atoms with Crippen molar-refractivity contribution in [3.63, 3.8) is 0 Å². The summed E-state index contributed by atoms with van der Waals surface area (Å²) in [5, 5.41) is 4.75. The van der Waals surface area contributed by atoms with Crippen molar-refractivity contribution in [3.8, 4) is 0 Å². The highest BCUT2D eigenvalue weighted by Crippen LogP contribution is 2.21. The zero-order valence-electron chi connectivity index (χ0n) is 11.8. The summed E-state index contributed by atoms with van der Waals surface area (Å²) in [4.78, 5) is 12.0. The molecule has 0 bridgehead atoms.